The minimum Gasteiger partial charge on any atom is -0.377 e. The first-order chi connectivity index (χ1) is 14.5. The number of nitrogens with zero attached hydrogens (tertiary/aromatic N) is 4. The van der Waals surface area contributed by atoms with Crippen LogP contribution in [0.5, 0.6) is 0 Å². The smallest absolute Gasteiger partial charge is 0.271 e. The van der Waals surface area contributed by atoms with Gasteiger partial charge in [-0.25, -0.2) is 4.39 Å². The average molecular weight is 403 g/mol. The molecule has 0 saturated carbocycles. The largest absolute Gasteiger partial charge is 0.377 e. The number of carbonyl (C=O) groups is 1. The number of amides is 1. The first kappa shape index (κ1) is 19.3. The summed E-state index contributed by atoms with van der Waals surface area (Å²) in [4.78, 5) is 30.6. The highest BCUT2D eigenvalue weighted by molar-refractivity contribution is 5.94. The minimum atomic E-state index is -0.455. The standard InChI is InChI=1S/C22H18FN5O2/c1-2-20(29)27-12-16(13-27)26-21-17-7-8-25-10-19(17)28(22(30)18(21)9-24)11-14-3-5-15(23)6-4-14/h2-8,10,16,26H,1,11-13H2. The van der Waals surface area contributed by atoms with Crippen LogP contribution in [0, 0.1) is 17.1 Å². The van der Waals surface area contributed by atoms with E-state index in [2.05, 4.69) is 16.9 Å². The molecular weight excluding hydrogens is 385 g/mol. The van der Waals surface area contributed by atoms with Crippen LogP contribution in [0.4, 0.5) is 10.1 Å². The summed E-state index contributed by atoms with van der Waals surface area (Å²) in [6.45, 7) is 4.58. The van der Waals surface area contributed by atoms with Crippen molar-refractivity contribution in [2.75, 3.05) is 18.4 Å². The highest BCUT2D eigenvalue weighted by Gasteiger charge is 2.30. The van der Waals surface area contributed by atoms with E-state index in [4.69, 9.17) is 0 Å². The Balaban J connectivity index is 1.75. The molecule has 1 aromatic carbocycles. The fraction of sp³-hybridized carbons (Fsp3) is 0.182. The molecular formula is C22H18FN5O2. The van der Waals surface area contributed by atoms with Gasteiger partial charge in [-0.05, 0) is 29.8 Å². The molecule has 1 aliphatic rings. The molecule has 0 radical (unpaired) electrons. The zero-order chi connectivity index (χ0) is 21.3. The molecule has 3 aromatic rings. The molecule has 0 atom stereocenters. The summed E-state index contributed by atoms with van der Waals surface area (Å²) in [6, 6.07) is 9.53. The third-order valence-electron chi connectivity index (χ3n) is 5.15. The lowest BCUT2D eigenvalue weighted by Gasteiger charge is -2.39. The van der Waals surface area contributed by atoms with Gasteiger partial charge in [0.05, 0.1) is 30.0 Å². The quantitative estimate of drug-likeness (QED) is 0.660. The number of nitrogens with one attached hydrogen (secondary N) is 1. The van der Waals surface area contributed by atoms with Crippen LogP contribution in [-0.2, 0) is 11.3 Å². The van der Waals surface area contributed by atoms with Gasteiger partial charge in [0.2, 0.25) is 5.91 Å². The summed E-state index contributed by atoms with van der Waals surface area (Å²) in [5, 5.41) is 13.6. The van der Waals surface area contributed by atoms with Crippen LogP contribution in [0.3, 0.4) is 0 Å². The molecule has 0 bridgehead atoms. The fourth-order valence-corrected chi connectivity index (χ4v) is 3.56. The summed E-state index contributed by atoms with van der Waals surface area (Å²) in [6.07, 6.45) is 4.42. The van der Waals surface area contributed by atoms with Crippen LogP contribution in [-0.4, -0.2) is 39.5 Å². The number of hydrogen-bond acceptors (Lipinski definition) is 5. The summed E-state index contributed by atoms with van der Waals surface area (Å²) in [7, 11) is 0. The zero-order valence-corrected chi connectivity index (χ0v) is 16.0. The van der Waals surface area contributed by atoms with Crippen LogP contribution in [0.2, 0.25) is 0 Å². The van der Waals surface area contributed by atoms with Crippen molar-refractivity contribution in [3.05, 3.63) is 82.7 Å². The van der Waals surface area contributed by atoms with E-state index in [0.29, 0.717) is 29.7 Å². The number of rotatable bonds is 5. The zero-order valence-electron chi connectivity index (χ0n) is 16.0. The van der Waals surface area contributed by atoms with Crippen LogP contribution >= 0.6 is 0 Å². The molecule has 1 saturated heterocycles. The third kappa shape index (κ3) is 3.42. The van der Waals surface area contributed by atoms with Crippen molar-refractivity contribution < 1.29 is 9.18 Å². The van der Waals surface area contributed by atoms with Crippen molar-refractivity contribution in [1.29, 1.82) is 5.26 Å². The maximum atomic E-state index is 13.2. The van der Waals surface area contributed by atoms with Gasteiger partial charge in [0.15, 0.2) is 0 Å². The minimum absolute atomic E-state index is 0.00990. The highest BCUT2D eigenvalue weighted by Crippen LogP contribution is 2.27. The van der Waals surface area contributed by atoms with Gasteiger partial charge in [0.1, 0.15) is 17.4 Å². The average Bonchev–Trinajstić information content (AvgIpc) is 2.73. The lowest BCUT2D eigenvalue weighted by molar-refractivity contribution is -0.129. The van der Waals surface area contributed by atoms with Crippen molar-refractivity contribution in [2.24, 2.45) is 0 Å². The number of carbonyl (C=O) groups excluding carboxylic acids is 1. The van der Waals surface area contributed by atoms with Gasteiger partial charge >= 0.3 is 0 Å². The molecule has 4 rings (SSSR count). The van der Waals surface area contributed by atoms with Gasteiger partial charge in [-0.3, -0.25) is 14.6 Å². The van der Waals surface area contributed by atoms with Crippen molar-refractivity contribution in [1.82, 2.24) is 14.5 Å². The summed E-state index contributed by atoms with van der Waals surface area (Å²) in [5.74, 6) is -0.517. The third-order valence-corrected chi connectivity index (χ3v) is 5.15. The van der Waals surface area contributed by atoms with Crippen molar-refractivity contribution >= 4 is 22.5 Å². The molecule has 0 aliphatic carbocycles. The van der Waals surface area contributed by atoms with E-state index in [1.807, 2.05) is 6.07 Å². The van der Waals surface area contributed by atoms with Gasteiger partial charge in [-0.15, -0.1) is 0 Å². The second-order valence-corrected chi connectivity index (χ2v) is 7.06. The van der Waals surface area contributed by atoms with Gasteiger partial charge in [-0.1, -0.05) is 18.7 Å². The molecule has 2 aromatic heterocycles. The topological polar surface area (TPSA) is 91.0 Å². The normalized spacial score (nSPS) is 13.5. The molecule has 1 aliphatic heterocycles. The molecule has 1 N–H and O–H groups in total. The van der Waals surface area contributed by atoms with E-state index in [9.17, 15) is 19.2 Å². The molecule has 3 heterocycles. The van der Waals surface area contributed by atoms with Crippen LogP contribution in [0.15, 0.2) is 60.2 Å². The van der Waals surface area contributed by atoms with E-state index < -0.39 is 5.56 Å². The monoisotopic (exact) mass is 403 g/mol. The summed E-state index contributed by atoms with van der Waals surface area (Å²) < 4.78 is 14.7. The Morgan fingerprint density at radius 3 is 2.73 bits per heavy atom. The number of anilines is 1. The number of likely N-dealkylation sites (tertiary alicyclic amines) is 1. The Kier molecular flexibility index (Phi) is 5.02. The Labute approximate surface area is 171 Å². The highest BCUT2D eigenvalue weighted by atomic mass is 19.1. The van der Waals surface area contributed by atoms with E-state index >= 15 is 0 Å². The molecule has 30 heavy (non-hydrogen) atoms. The SMILES string of the molecule is C=CC(=O)N1CC(Nc2c(C#N)c(=O)n(Cc3ccc(F)cc3)c3cnccc23)C1. The van der Waals surface area contributed by atoms with E-state index in [1.165, 1.54) is 22.8 Å². The molecule has 0 spiro atoms. The van der Waals surface area contributed by atoms with Crippen molar-refractivity contribution in [3.63, 3.8) is 0 Å². The second kappa shape index (κ2) is 7.79. The Hall–Kier alpha value is -3.99. The van der Waals surface area contributed by atoms with Gasteiger partial charge in [-0.2, -0.15) is 5.26 Å². The van der Waals surface area contributed by atoms with Gasteiger partial charge < -0.3 is 14.8 Å². The number of hydrogen-bond donors (Lipinski definition) is 1. The maximum absolute atomic E-state index is 13.2. The van der Waals surface area contributed by atoms with Crippen LogP contribution in [0.25, 0.3) is 10.9 Å². The molecule has 1 amide bonds. The van der Waals surface area contributed by atoms with Crippen LogP contribution in [0.1, 0.15) is 11.1 Å². The first-order valence-electron chi connectivity index (χ1n) is 9.34. The summed E-state index contributed by atoms with van der Waals surface area (Å²) in [5.41, 5.74) is 1.26. The van der Waals surface area contributed by atoms with Crippen molar-refractivity contribution in [2.45, 2.75) is 12.6 Å². The number of fused-ring (bicyclic) bond motifs is 1. The lowest BCUT2D eigenvalue weighted by Crippen LogP contribution is -2.56. The van der Waals surface area contributed by atoms with E-state index in [-0.39, 0.29) is 29.9 Å². The predicted molar refractivity (Wildman–Crippen MR) is 110 cm³/mol. The van der Waals surface area contributed by atoms with Gasteiger partial charge in [0, 0.05) is 24.7 Å². The van der Waals surface area contributed by atoms with E-state index in [1.54, 1.807) is 35.5 Å². The fourth-order valence-electron chi connectivity index (χ4n) is 3.56. The van der Waals surface area contributed by atoms with E-state index in [0.717, 1.165) is 5.56 Å². The molecule has 7 nitrogen and oxygen atoms in total. The Morgan fingerprint density at radius 2 is 2.07 bits per heavy atom. The summed E-state index contributed by atoms with van der Waals surface area (Å²) >= 11 is 0. The maximum Gasteiger partial charge on any atom is 0.271 e. The molecule has 8 heteroatoms. The van der Waals surface area contributed by atoms with Crippen molar-refractivity contribution in [3.8, 4) is 6.07 Å². The number of aromatic nitrogens is 2. The van der Waals surface area contributed by atoms with Crippen LogP contribution < -0.4 is 10.9 Å². The first-order valence-corrected chi connectivity index (χ1v) is 9.34. The Bertz CT molecular complexity index is 1240. The second-order valence-electron chi connectivity index (χ2n) is 7.06. The Morgan fingerprint density at radius 1 is 1.33 bits per heavy atom. The molecule has 150 valence electrons. The molecule has 0 unspecified atom stereocenters. The number of nitriles is 1. The number of benzene rings is 1. The lowest BCUT2D eigenvalue weighted by atomic mass is 10.0. The molecule has 1 fully saturated rings. The predicted octanol–water partition coefficient (Wildman–Crippen LogP) is 2.26. The number of halogens is 1. The van der Waals surface area contributed by atoms with Gasteiger partial charge in [0.25, 0.3) is 5.56 Å². The number of pyridine rings is 2.